The molecule has 1 atom stereocenters. The molecule has 3 heterocycles. The molecule has 0 aliphatic carbocycles. The SMILES string of the molecule is CCOC(=O)C1=C(CN2CCN(C)CC2)NC(=O)NC1c1ccc2c(c1)OCO2. The van der Waals surface area contributed by atoms with E-state index in [-0.39, 0.29) is 19.4 Å². The zero-order chi connectivity index (χ0) is 20.4. The molecule has 0 saturated carbocycles. The molecule has 0 bridgehead atoms. The van der Waals surface area contributed by atoms with Gasteiger partial charge in [0.15, 0.2) is 11.5 Å². The van der Waals surface area contributed by atoms with Crippen molar-refractivity contribution in [2.75, 3.05) is 53.2 Å². The van der Waals surface area contributed by atoms with Crippen LogP contribution in [0.1, 0.15) is 18.5 Å². The summed E-state index contributed by atoms with van der Waals surface area (Å²) in [4.78, 5) is 29.8. The average molecular weight is 402 g/mol. The molecule has 1 fully saturated rings. The molecule has 0 spiro atoms. The maximum Gasteiger partial charge on any atom is 0.338 e. The predicted octanol–water partition coefficient (Wildman–Crippen LogP) is 0.834. The Hall–Kier alpha value is -2.78. The molecule has 0 aromatic heterocycles. The maximum atomic E-state index is 12.9. The van der Waals surface area contributed by atoms with Gasteiger partial charge in [0.2, 0.25) is 6.79 Å². The number of carbonyl (C=O) groups excluding carboxylic acids is 2. The number of benzene rings is 1. The Morgan fingerprint density at radius 3 is 2.72 bits per heavy atom. The lowest BCUT2D eigenvalue weighted by molar-refractivity contribution is -0.139. The van der Waals surface area contributed by atoms with Gasteiger partial charge in [-0.15, -0.1) is 0 Å². The van der Waals surface area contributed by atoms with E-state index in [2.05, 4.69) is 27.5 Å². The fourth-order valence-electron chi connectivity index (χ4n) is 3.76. The predicted molar refractivity (Wildman–Crippen MR) is 105 cm³/mol. The highest BCUT2D eigenvalue weighted by Gasteiger charge is 2.35. The highest BCUT2D eigenvalue weighted by Crippen LogP contribution is 2.37. The van der Waals surface area contributed by atoms with E-state index in [1.165, 1.54) is 0 Å². The number of hydrogen-bond acceptors (Lipinski definition) is 7. The molecule has 9 nitrogen and oxygen atoms in total. The van der Waals surface area contributed by atoms with E-state index >= 15 is 0 Å². The first kappa shape index (κ1) is 19.5. The molecule has 1 aromatic rings. The minimum absolute atomic E-state index is 0.159. The number of piperazine rings is 1. The van der Waals surface area contributed by atoms with Crippen LogP contribution in [0.2, 0.25) is 0 Å². The van der Waals surface area contributed by atoms with E-state index in [9.17, 15) is 9.59 Å². The third kappa shape index (κ3) is 4.15. The molecule has 29 heavy (non-hydrogen) atoms. The van der Waals surface area contributed by atoms with Crippen LogP contribution in [-0.2, 0) is 9.53 Å². The quantitative estimate of drug-likeness (QED) is 0.705. The van der Waals surface area contributed by atoms with E-state index in [1.807, 2.05) is 6.07 Å². The van der Waals surface area contributed by atoms with Crippen LogP contribution in [-0.4, -0.2) is 75.0 Å². The van der Waals surface area contributed by atoms with Crippen molar-refractivity contribution < 1.29 is 23.8 Å². The number of esters is 1. The number of rotatable bonds is 5. The molecular formula is C20H26N4O5. The van der Waals surface area contributed by atoms with Gasteiger partial charge < -0.3 is 29.7 Å². The van der Waals surface area contributed by atoms with Gasteiger partial charge in [0, 0.05) is 38.4 Å². The molecule has 1 aromatic carbocycles. The van der Waals surface area contributed by atoms with Crippen molar-refractivity contribution in [2.24, 2.45) is 0 Å². The van der Waals surface area contributed by atoms with Crippen molar-refractivity contribution in [3.05, 3.63) is 35.0 Å². The van der Waals surface area contributed by atoms with Crippen LogP contribution in [0.3, 0.4) is 0 Å². The van der Waals surface area contributed by atoms with Crippen LogP contribution in [0, 0.1) is 0 Å². The van der Waals surface area contributed by atoms with Crippen LogP contribution in [0.4, 0.5) is 4.79 Å². The second-order valence-corrected chi connectivity index (χ2v) is 7.34. The Morgan fingerprint density at radius 2 is 1.97 bits per heavy atom. The molecular weight excluding hydrogens is 376 g/mol. The normalized spacial score (nSPS) is 22.3. The monoisotopic (exact) mass is 402 g/mol. The third-order valence-electron chi connectivity index (χ3n) is 5.36. The Balaban J connectivity index is 1.68. The molecule has 1 saturated heterocycles. The number of urea groups is 1. The highest BCUT2D eigenvalue weighted by atomic mass is 16.7. The first-order valence-electron chi connectivity index (χ1n) is 9.83. The number of nitrogens with zero attached hydrogens (tertiary/aromatic N) is 2. The number of ether oxygens (including phenoxy) is 3. The van der Waals surface area contributed by atoms with Gasteiger partial charge in [-0.25, -0.2) is 9.59 Å². The third-order valence-corrected chi connectivity index (χ3v) is 5.36. The number of likely N-dealkylation sites (N-methyl/N-ethyl adjacent to an activating group) is 1. The number of hydrogen-bond donors (Lipinski definition) is 2. The lowest BCUT2D eigenvalue weighted by Gasteiger charge is -2.35. The molecule has 3 aliphatic rings. The summed E-state index contributed by atoms with van der Waals surface area (Å²) < 4.78 is 16.2. The summed E-state index contributed by atoms with van der Waals surface area (Å²) in [7, 11) is 2.09. The Bertz CT molecular complexity index is 832. The van der Waals surface area contributed by atoms with Gasteiger partial charge in [-0.2, -0.15) is 0 Å². The fraction of sp³-hybridized carbons (Fsp3) is 0.500. The summed E-state index contributed by atoms with van der Waals surface area (Å²) in [6.07, 6.45) is 0. The van der Waals surface area contributed by atoms with Gasteiger partial charge in [0.25, 0.3) is 0 Å². The van der Waals surface area contributed by atoms with Crippen LogP contribution in [0.15, 0.2) is 29.5 Å². The summed E-state index contributed by atoms with van der Waals surface area (Å²) >= 11 is 0. The molecule has 3 aliphatic heterocycles. The zero-order valence-corrected chi connectivity index (χ0v) is 16.7. The summed E-state index contributed by atoms with van der Waals surface area (Å²) in [5.74, 6) is 0.805. The van der Waals surface area contributed by atoms with Gasteiger partial charge in [-0.1, -0.05) is 6.07 Å². The first-order valence-corrected chi connectivity index (χ1v) is 9.83. The van der Waals surface area contributed by atoms with E-state index < -0.39 is 12.0 Å². The smallest absolute Gasteiger partial charge is 0.338 e. The summed E-state index contributed by atoms with van der Waals surface area (Å²) in [5, 5.41) is 5.69. The number of nitrogens with one attached hydrogen (secondary N) is 2. The molecule has 2 N–H and O–H groups in total. The molecule has 156 valence electrons. The first-order chi connectivity index (χ1) is 14.0. The van der Waals surface area contributed by atoms with Crippen LogP contribution in [0.25, 0.3) is 0 Å². The zero-order valence-electron chi connectivity index (χ0n) is 16.7. The highest BCUT2D eigenvalue weighted by molar-refractivity contribution is 5.95. The van der Waals surface area contributed by atoms with Crippen LogP contribution >= 0.6 is 0 Å². The van der Waals surface area contributed by atoms with Crippen LogP contribution in [0.5, 0.6) is 11.5 Å². The number of fused-ring (bicyclic) bond motifs is 1. The van der Waals surface area contributed by atoms with Crippen molar-refractivity contribution in [3.63, 3.8) is 0 Å². The van der Waals surface area contributed by atoms with Gasteiger partial charge in [-0.05, 0) is 31.7 Å². The van der Waals surface area contributed by atoms with Crippen molar-refractivity contribution in [1.82, 2.24) is 20.4 Å². The largest absolute Gasteiger partial charge is 0.463 e. The minimum atomic E-state index is -0.625. The number of amides is 2. The Kier molecular flexibility index (Phi) is 5.59. The summed E-state index contributed by atoms with van der Waals surface area (Å²) in [5.41, 5.74) is 1.74. The summed E-state index contributed by atoms with van der Waals surface area (Å²) in [6, 6.07) is 4.45. The van der Waals surface area contributed by atoms with E-state index in [1.54, 1.807) is 19.1 Å². The molecule has 2 amide bonds. The minimum Gasteiger partial charge on any atom is -0.463 e. The number of carbonyl (C=O) groups is 2. The lowest BCUT2D eigenvalue weighted by Crippen LogP contribution is -2.51. The van der Waals surface area contributed by atoms with E-state index in [4.69, 9.17) is 14.2 Å². The second kappa shape index (κ2) is 8.30. The van der Waals surface area contributed by atoms with Crippen molar-refractivity contribution in [1.29, 1.82) is 0 Å². The van der Waals surface area contributed by atoms with Gasteiger partial charge >= 0.3 is 12.0 Å². The molecule has 0 radical (unpaired) electrons. The van der Waals surface area contributed by atoms with Gasteiger partial charge in [0.05, 0.1) is 18.2 Å². The van der Waals surface area contributed by atoms with E-state index in [0.29, 0.717) is 29.3 Å². The lowest BCUT2D eigenvalue weighted by atomic mass is 9.94. The Morgan fingerprint density at radius 1 is 1.21 bits per heavy atom. The van der Waals surface area contributed by atoms with Crippen LogP contribution < -0.4 is 20.1 Å². The molecule has 4 rings (SSSR count). The topological polar surface area (TPSA) is 92.4 Å². The summed E-state index contributed by atoms with van der Waals surface area (Å²) in [6.45, 7) is 6.29. The fourth-order valence-corrected chi connectivity index (χ4v) is 3.76. The molecule has 9 heteroatoms. The van der Waals surface area contributed by atoms with Crippen molar-refractivity contribution in [2.45, 2.75) is 13.0 Å². The molecule has 1 unspecified atom stereocenters. The van der Waals surface area contributed by atoms with Gasteiger partial charge in [0.1, 0.15) is 0 Å². The maximum absolute atomic E-state index is 12.9. The second-order valence-electron chi connectivity index (χ2n) is 7.34. The Labute approximate surface area is 169 Å². The van der Waals surface area contributed by atoms with Gasteiger partial charge in [-0.3, -0.25) is 4.90 Å². The van der Waals surface area contributed by atoms with Crippen molar-refractivity contribution in [3.8, 4) is 11.5 Å². The van der Waals surface area contributed by atoms with E-state index in [0.717, 1.165) is 31.7 Å². The van der Waals surface area contributed by atoms with Crippen molar-refractivity contribution >= 4 is 12.0 Å². The standard InChI is InChI=1S/C20H26N4O5/c1-3-27-19(25)17-14(11-24-8-6-23(2)7-9-24)21-20(26)22-18(17)13-4-5-15-16(10-13)29-12-28-15/h4-5,10,18H,3,6-9,11-12H2,1-2H3,(H2,21,22,26). The average Bonchev–Trinajstić information content (AvgIpc) is 3.17.